The number of rotatable bonds is 1. The maximum absolute atomic E-state index is 4.00. The summed E-state index contributed by atoms with van der Waals surface area (Å²) < 4.78 is 3.72. The third kappa shape index (κ3) is 8.19. The second-order valence-electron chi connectivity index (χ2n) is 3.40. The van der Waals surface area contributed by atoms with Crippen molar-refractivity contribution in [1.29, 1.82) is 0 Å². The van der Waals surface area contributed by atoms with E-state index >= 15 is 0 Å². The van der Waals surface area contributed by atoms with Crippen LogP contribution in [0.4, 0.5) is 0 Å². The van der Waals surface area contributed by atoms with E-state index in [9.17, 15) is 0 Å². The van der Waals surface area contributed by atoms with Crippen molar-refractivity contribution in [3.63, 3.8) is 0 Å². The fourth-order valence-electron chi connectivity index (χ4n) is 1.19. The molecule has 0 radical (unpaired) electrons. The van der Waals surface area contributed by atoms with Crippen molar-refractivity contribution in [3.05, 3.63) is 35.9 Å². The lowest BCUT2D eigenvalue weighted by Crippen LogP contribution is -1.94. The van der Waals surface area contributed by atoms with E-state index in [1.165, 1.54) is 11.4 Å². The van der Waals surface area contributed by atoms with Crippen LogP contribution in [0.1, 0.15) is 46.0 Å². The Morgan fingerprint density at radius 3 is 1.53 bits per heavy atom. The summed E-state index contributed by atoms with van der Waals surface area (Å²) in [5.41, 5.74) is 2.48. The van der Waals surface area contributed by atoms with Crippen LogP contribution in [0.25, 0.3) is 0 Å². The Labute approximate surface area is 118 Å². The van der Waals surface area contributed by atoms with Gasteiger partial charge in [-0.15, -0.1) is 0 Å². The fourth-order valence-corrected chi connectivity index (χ4v) is 1.19. The first-order valence-electron chi connectivity index (χ1n) is 7.06. The molecule has 2 aromatic rings. The molecule has 0 bridgehead atoms. The van der Waals surface area contributed by atoms with Crippen molar-refractivity contribution in [2.45, 2.75) is 48.0 Å². The molecule has 4 nitrogen and oxygen atoms in total. The van der Waals surface area contributed by atoms with Crippen LogP contribution in [0.2, 0.25) is 0 Å². The normalized spacial score (nSPS) is 8.21. The molecule has 0 aromatic carbocycles. The molecule has 2 rings (SSSR count). The predicted molar refractivity (Wildman–Crippen MR) is 83.2 cm³/mol. The largest absolute Gasteiger partial charge is 0.273 e. The predicted octanol–water partition coefficient (Wildman–Crippen LogP) is 3.76. The van der Waals surface area contributed by atoms with E-state index in [0.29, 0.717) is 0 Å². The van der Waals surface area contributed by atoms with Gasteiger partial charge in [-0.3, -0.25) is 9.36 Å². The Kier molecular flexibility index (Phi) is 13.4. The molecule has 0 spiro atoms. The Bertz CT molecular complexity index is 385. The lowest BCUT2D eigenvalue weighted by atomic mass is 10.3. The summed E-state index contributed by atoms with van der Waals surface area (Å²) in [6.45, 7) is 12.1. The van der Waals surface area contributed by atoms with Crippen LogP contribution >= 0.6 is 0 Å². The van der Waals surface area contributed by atoms with Crippen LogP contribution in [0.3, 0.4) is 0 Å². The van der Waals surface area contributed by atoms with E-state index in [4.69, 9.17) is 0 Å². The smallest absolute Gasteiger partial charge is 0.0492 e. The maximum atomic E-state index is 4.00. The molecule has 2 heterocycles. The van der Waals surface area contributed by atoms with Gasteiger partial charge in [-0.05, 0) is 25.5 Å². The van der Waals surface area contributed by atoms with Crippen molar-refractivity contribution in [2.75, 3.05) is 0 Å². The zero-order valence-electron chi connectivity index (χ0n) is 13.8. The zero-order valence-corrected chi connectivity index (χ0v) is 13.8. The van der Waals surface area contributed by atoms with E-state index in [-0.39, 0.29) is 0 Å². The van der Waals surface area contributed by atoms with Gasteiger partial charge in [0.15, 0.2) is 0 Å². The Balaban J connectivity index is 0. The average molecular weight is 266 g/mol. The van der Waals surface area contributed by atoms with Crippen LogP contribution in [-0.2, 0) is 20.5 Å². The second kappa shape index (κ2) is 12.9. The first-order valence-corrected chi connectivity index (χ1v) is 7.06. The maximum Gasteiger partial charge on any atom is 0.0492 e. The van der Waals surface area contributed by atoms with Crippen molar-refractivity contribution in [2.24, 2.45) is 14.1 Å². The molecular formula is C15H30N4. The molecule has 0 aliphatic carbocycles. The zero-order chi connectivity index (χ0) is 15.3. The van der Waals surface area contributed by atoms with E-state index < -0.39 is 0 Å². The van der Waals surface area contributed by atoms with Crippen LogP contribution in [-0.4, -0.2) is 19.6 Å². The van der Waals surface area contributed by atoms with Gasteiger partial charge >= 0.3 is 0 Å². The highest BCUT2D eigenvalue weighted by Gasteiger charge is 1.90. The first kappa shape index (κ1) is 19.8. The van der Waals surface area contributed by atoms with Crippen LogP contribution in [0.5, 0.6) is 0 Å². The van der Waals surface area contributed by atoms with Gasteiger partial charge < -0.3 is 0 Å². The van der Waals surface area contributed by atoms with Gasteiger partial charge in [0.25, 0.3) is 0 Å². The second-order valence-corrected chi connectivity index (χ2v) is 3.40. The molecule has 19 heavy (non-hydrogen) atoms. The van der Waals surface area contributed by atoms with Gasteiger partial charge in [-0.25, -0.2) is 0 Å². The lowest BCUT2D eigenvalue weighted by molar-refractivity contribution is 0.718. The summed E-state index contributed by atoms with van der Waals surface area (Å²) in [6, 6.07) is 4.00. The summed E-state index contributed by atoms with van der Waals surface area (Å²) in [5.74, 6) is 0. The Morgan fingerprint density at radius 2 is 1.37 bits per heavy atom. The SMILES string of the molecule is CC.CC.CCc1ccnn1C.Cc1ccnn1C. The van der Waals surface area contributed by atoms with E-state index in [2.05, 4.69) is 17.1 Å². The fraction of sp³-hybridized carbons (Fsp3) is 0.600. The van der Waals surface area contributed by atoms with Crippen LogP contribution < -0.4 is 0 Å². The lowest BCUT2D eigenvalue weighted by Gasteiger charge is -1.92. The third-order valence-electron chi connectivity index (χ3n) is 2.35. The molecule has 4 heteroatoms. The minimum absolute atomic E-state index is 1.07. The van der Waals surface area contributed by atoms with Crippen molar-refractivity contribution < 1.29 is 0 Å². The monoisotopic (exact) mass is 266 g/mol. The number of aromatic nitrogens is 4. The molecule has 0 aliphatic heterocycles. The van der Waals surface area contributed by atoms with Crippen LogP contribution in [0.15, 0.2) is 24.5 Å². The van der Waals surface area contributed by atoms with Crippen LogP contribution in [0, 0.1) is 6.92 Å². The molecule has 0 unspecified atom stereocenters. The molecule has 110 valence electrons. The standard InChI is InChI=1S/C6H10N2.C5H8N2.2C2H6/c1-3-6-4-5-7-8(6)2;1-5-3-4-6-7(5)2;2*1-2/h4-5H,3H2,1-2H3;3-4H,1-2H3;2*1-2H3. The number of hydrogen-bond donors (Lipinski definition) is 0. The molecule has 0 saturated heterocycles. The van der Waals surface area contributed by atoms with Crippen molar-refractivity contribution >= 4 is 0 Å². The Hall–Kier alpha value is -1.58. The third-order valence-corrected chi connectivity index (χ3v) is 2.35. The van der Waals surface area contributed by atoms with Gasteiger partial charge in [0.2, 0.25) is 0 Å². The topological polar surface area (TPSA) is 35.6 Å². The van der Waals surface area contributed by atoms with Gasteiger partial charge in [-0.2, -0.15) is 10.2 Å². The molecule has 2 aromatic heterocycles. The Morgan fingerprint density at radius 1 is 0.895 bits per heavy atom. The molecule has 0 fully saturated rings. The molecule has 0 amide bonds. The highest BCUT2D eigenvalue weighted by atomic mass is 15.3. The summed E-state index contributed by atoms with van der Waals surface area (Å²) >= 11 is 0. The van der Waals surface area contributed by atoms with E-state index in [1.54, 1.807) is 6.20 Å². The van der Waals surface area contributed by atoms with Gasteiger partial charge in [-0.1, -0.05) is 34.6 Å². The summed E-state index contributed by atoms with van der Waals surface area (Å²) in [7, 11) is 3.88. The average Bonchev–Trinajstić information content (AvgIpc) is 3.04. The van der Waals surface area contributed by atoms with E-state index in [1.807, 2.05) is 76.4 Å². The van der Waals surface area contributed by atoms with E-state index in [0.717, 1.165) is 6.42 Å². The molecule has 0 saturated carbocycles. The first-order chi connectivity index (χ1) is 9.15. The molecule has 0 atom stereocenters. The number of aryl methyl sites for hydroxylation is 4. The molecule has 0 aliphatic rings. The minimum Gasteiger partial charge on any atom is -0.273 e. The minimum atomic E-state index is 1.07. The summed E-state index contributed by atoms with van der Waals surface area (Å²) in [6.07, 6.45) is 4.67. The van der Waals surface area contributed by atoms with Gasteiger partial charge in [0, 0.05) is 37.9 Å². The molecular weight excluding hydrogens is 236 g/mol. The van der Waals surface area contributed by atoms with Crippen molar-refractivity contribution in [1.82, 2.24) is 19.6 Å². The number of nitrogens with zero attached hydrogens (tertiary/aromatic N) is 4. The summed E-state index contributed by atoms with van der Waals surface area (Å²) in [4.78, 5) is 0. The summed E-state index contributed by atoms with van der Waals surface area (Å²) in [5, 5.41) is 7.94. The van der Waals surface area contributed by atoms with Crippen molar-refractivity contribution in [3.8, 4) is 0 Å². The highest BCUT2D eigenvalue weighted by molar-refractivity contribution is 4.98. The van der Waals surface area contributed by atoms with Gasteiger partial charge in [0.05, 0.1) is 0 Å². The highest BCUT2D eigenvalue weighted by Crippen LogP contribution is 1.94. The quantitative estimate of drug-likeness (QED) is 0.787. The van der Waals surface area contributed by atoms with Gasteiger partial charge in [0.1, 0.15) is 0 Å². The molecule has 0 N–H and O–H groups in total. The number of hydrogen-bond acceptors (Lipinski definition) is 2.